The number of nitrogens with one attached hydrogen (secondary N) is 2. The van der Waals surface area contributed by atoms with E-state index in [4.69, 9.17) is 4.74 Å². The van der Waals surface area contributed by atoms with E-state index in [1.807, 2.05) is 54.6 Å². The molecule has 2 N–H and O–H groups in total. The maximum absolute atomic E-state index is 12.1. The van der Waals surface area contributed by atoms with E-state index in [0.717, 1.165) is 30.0 Å². The summed E-state index contributed by atoms with van der Waals surface area (Å²) in [5.41, 5.74) is 1.20. The van der Waals surface area contributed by atoms with E-state index in [-0.39, 0.29) is 5.91 Å². The van der Waals surface area contributed by atoms with Crippen LogP contribution in [-0.2, 0) is 0 Å². The molecule has 0 radical (unpaired) electrons. The minimum Gasteiger partial charge on any atom is -0.457 e. The Bertz CT molecular complexity index is 893. The molecule has 1 heterocycles. The first-order valence-electron chi connectivity index (χ1n) is 8.49. The van der Waals surface area contributed by atoms with E-state index >= 15 is 0 Å². The van der Waals surface area contributed by atoms with Gasteiger partial charge in [0.25, 0.3) is 5.91 Å². The molecule has 1 aliphatic carbocycles. The van der Waals surface area contributed by atoms with Crippen molar-refractivity contribution in [2.75, 3.05) is 5.32 Å². The predicted molar refractivity (Wildman–Crippen MR) is 98.8 cm³/mol. The lowest BCUT2D eigenvalue weighted by atomic mass is 10.3. The molecule has 6 nitrogen and oxygen atoms in total. The molecule has 1 amide bonds. The van der Waals surface area contributed by atoms with Crippen LogP contribution < -0.4 is 15.4 Å². The van der Waals surface area contributed by atoms with Gasteiger partial charge in [-0.2, -0.15) is 0 Å². The van der Waals surface area contributed by atoms with E-state index in [1.165, 1.54) is 6.33 Å². The molecule has 1 saturated carbocycles. The van der Waals surface area contributed by atoms with Gasteiger partial charge < -0.3 is 15.4 Å². The Morgan fingerprint density at radius 3 is 2.42 bits per heavy atom. The Morgan fingerprint density at radius 1 is 0.962 bits per heavy atom. The van der Waals surface area contributed by atoms with Gasteiger partial charge in [0.1, 0.15) is 29.3 Å². The molecule has 1 fully saturated rings. The van der Waals surface area contributed by atoms with Gasteiger partial charge in [-0.1, -0.05) is 18.2 Å². The zero-order chi connectivity index (χ0) is 17.8. The Balaban J connectivity index is 1.41. The highest BCUT2D eigenvalue weighted by atomic mass is 16.5. The topological polar surface area (TPSA) is 76.1 Å². The molecular formula is C20H18N4O2. The molecule has 3 aromatic rings. The molecule has 2 aromatic carbocycles. The van der Waals surface area contributed by atoms with Crippen LogP contribution in [0.2, 0.25) is 0 Å². The standard InChI is InChI=1S/C20H18N4O2/c25-20(24-15-6-7-15)18-12-19(22-13-21-18)23-14-8-10-17(11-9-14)26-16-4-2-1-3-5-16/h1-5,8-13,15H,6-7H2,(H,24,25)(H,21,22,23). The second-order valence-corrected chi connectivity index (χ2v) is 6.10. The normalized spacial score (nSPS) is 13.1. The van der Waals surface area contributed by atoms with Crippen LogP contribution in [0.1, 0.15) is 23.3 Å². The average molecular weight is 346 g/mol. The molecule has 0 atom stereocenters. The van der Waals surface area contributed by atoms with Crippen molar-refractivity contribution in [3.05, 3.63) is 72.7 Å². The lowest BCUT2D eigenvalue weighted by molar-refractivity contribution is 0.0946. The molecule has 0 saturated heterocycles. The highest BCUT2D eigenvalue weighted by Gasteiger charge is 2.24. The van der Waals surface area contributed by atoms with E-state index < -0.39 is 0 Å². The van der Waals surface area contributed by atoms with Crippen molar-refractivity contribution in [1.29, 1.82) is 0 Å². The number of hydrogen-bond donors (Lipinski definition) is 2. The molecule has 1 aromatic heterocycles. The van der Waals surface area contributed by atoms with Crippen molar-refractivity contribution < 1.29 is 9.53 Å². The van der Waals surface area contributed by atoms with Crippen molar-refractivity contribution in [3.63, 3.8) is 0 Å². The Labute approximate surface area is 151 Å². The van der Waals surface area contributed by atoms with Crippen molar-refractivity contribution in [1.82, 2.24) is 15.3 Å². The van der Waals surface area contributed by atoms with Crippen LogP contribution in [0.15, 0.2) is 67.0 Å². The number of anilines is 2. The first-order chi connectivity index (χ1) is 12.8. The first-order valence-corrected chi connectivity index (χ1v) is 8.49. The fraction of sp³-hybridized carbons (Fsp3) is 0.150. The van der Waals surface area contributed by atoms with E-state index in [9.17, 15) is 4.79 Å². The summed E-state index contributed by atoms with van der Waals surface area (Å²) in [5, 5.41) is 6.09. The number of rotatable bonds is 6. The Hall–Kier alpha value is -3.41. The number of amides is 1. The first kappa shape index (κ1) is 16.1. The molecule has 0 spiro atoms. The Morgan fingerprint density at radius 2 is 1.69 bits per heavy atom. The summed E-state index contributed by atoms with van der Waals surface area (Å²) in [6.07, 6.45) is 3.47. The number of para-hydroxylation sites is 1. The number of benzene rings is 2. The van der Waals surface area contributed by atoms with Gasteiger partial charge >= 0.3 is 0 Å². The second kappa shape index (κ2) is 7.23. The summed E-state index contributed by atoms with van der Waals surface area (Å²) < 4.78 is 5.77. The number of carbonyl (C=O) groups excluding carboxylic acids is 1. The van der Waals surface area contributed by atoms with Gasteiger partial charge in [0.05, 0.1) is 0 Å². The number of nitrogens with zero attached hydrogens (tertiary/aromatic N) is 2. The van der Waals surface area contributed by atoms with Crippen LogP contribution in [0, 0.1) is 0 Å². The molecule has 6 heteroatoms. The largest absolute Gasteiger partial charge is 0.457 e. The van der Waals surface area contributed by atoms with E-state index in [2.05, 4.69) is 20.6 Å². The minimum atomic E-state index is -0.162. The zero-order valence-corrected chi connectivity index (χ0v) is 14.1. The summed E-state index contributed by atoms with van der Waals surface area (Å²) in [5.74, 6) is 1.94. The maximum atomic E-state index is 12.1. The van der Waals surface area contributed by atoms with Gasteiger partial charge in [-0.05, 0) is 49.2 Å². The minimum absolute atomic E-state index is 0.162. The Kier molecular flexibility index (Phi) is 4.47. The van der Waals surface area contributed by atoms with Crippen LogP contribution in [-0.4, -0.2) is 21.9 Å². The number of carbonyl (C=O) groups is 1. The van der Waals surface area contributed by atoms with Crippen molar-refractivity contribution in [2.45, 2.75) is 18.9 Å². The molecule has 1 aliphatic rings. The lowest BCUT2D eigenvalue weighted by Crippen LogP contribution is -2.26. The molecule has 26 heavy (non-hydrogen) atoms. The highest BCUT2D eigenvalue weighted by Crippen LogP contribution is 2.24. The molecule has 0 aliphatic heterocycles. The summed E-state index contributed by atoms with van der Waals surface area (Å²) in [7, 11) is 0. The molecular weight excluding hydrogens is 328 g/mol. The van der Waals surface area contributed by atoms with Crippen LogP contribution in [0.25, 0.3) is 0 Å². The summed E-state index contributed by atoms with van der Waals surface area (Å²) >= 11 is 0. The van der Waals surface area contributed by atoms with Gasteiger partial charge in [0.15, 0.2) is 0 Å². The third-order valence-electron chi connectivity index (χ3n) is 3.92. The summed E-state index contributed by atoms with van der Waals surface area (Å²) in [6.45, 7) is 0. The van der Waals surface area contributed by atoms with Gasteiger partial charge in [-0.15, -0.1) is 0 Å². The second-order valence-electron chi connectivity index (χ2n) is 6.10. The average Bonchev–Trinajstić information content (AvgIpc) is 3.48. The number of hydrogen-bond acceptors (Lipinski definition) is 5. The van der Waals surface area contributed by atoms with Crippen molar-refractivity contribution in [2.24, 2.45) is 0 Å². The van der Waals surface area contributed by atoms with Crippen molar-refractivity contribution in [3.8, 4) is 11.5 Å². The fourth-order valence-corrected chi connectivity index (χ4v) is 2.42. The van der Waals surface area contributed by atoms with Crippen LogP contribution >= 0.6 is 0 Å². The van der Waals surface area contributed by atoms with Crippen LogP contribution in [0.5, 0.6) is 11.5 Å². The zero-order valence-electron chi connectivity index (χ0n) is 14.1. The predicted octanol–water partition coefficient (Wildman–Crippen LogP) is 3.90. The molecule has 0 bridgehead atoms. The lowest BCUT2D eigenvalue weighted by Gasteiger charge is -2.09. The monoisotopic (exact) mass is 346 g/mol. The number of aromatic nitrogens is 2. The molecule has 130 valence electrons. The third-order valence-corrected chi connectivity index (χ3v) is 3.92. The van der Waals surface area contributed by atoms with E-state index in [0.29, 0.717) is 17.6 Å². The summed E-state index contributed by atoms with van der Waals surface area (Å²) in [6, 6.07) is 19.1. The van der Waals surface area contributed by atoms with Crippen molar-refractivity contribution >= 4 is 17.4 Å². The van der Waals surface area contributed by atoms with Crippen LogP contribution in [0.4, 0.5) is 11.5 Å². The van der Waals surface area contributed by atoms with Gasteiger partial charge in [0, 0.05) is 17.8 Å². The quantitative estimate of drug-likeness (QED) is 0.708. The molecule has 4 rings (SSSR count). The fourth-order valence-electron chi connectivity index (χ4n) is 2.42. The van der Waals surface area contributed by atoms with Gasteiger partial charge in [0.2, 0.25) is 0 Å². The number of ether oxygens (including phenoxy) is 1. The van der Waals surface area contributed by atoms with Gasteiger partial charge in [-0.3, -0.25) is 4.79 Å². The SMILES string of the molecule is O=C(NC1CC1)c1cc(Nc2ccc(Oc3ccccc3)cc2)ncn1. The molecule has 0 unspecified atom stereocenters. The summed E-state index contributed by atoms with van der Waals surface area (Å²) in [4.78, 5) is 20.3. The van der Waals surface area contributed by atoms with Gasteiger partial charge in [-0.25, -0.2) is 9.97 Å². The maximum Gasteiger partial charge on any atom is 0.270 e. The highest BCUT2D eigenvalue weighted by molar-refractivity contribution is 5.93. The van der Waals surface area contributed by atoms with E-state index in [1.54, 1.807) is 6.07 Å². The smallest absolute Gasteiger partial charge is 0.270 e. The van der Waals surface area contributed by atoms with Crippen LogP contribution in [0.3, 0.4) is 0 Å². The third kappa shape index (κ3) is 4.16.